The molecule has 3 nitrogen and oxygen atoms in total. The first kappa shape index (κ1) is 12.1. The van der Waals surface area contributed by atoms with Gasteiger partial charge in [-0.25, -0.2) is 27.8 Å². The van der Waals surface area contributed by atoms with E-state index in [0.717, 1.165) is 43.6 Å². The molecule has 0 fully saturated rings. The van der Waals surface area contributed by atoms with E-state index in [4.69, 9.17) is 13.1 Å². The van der Waals surface area contributed by atoms with Crippen molar-refractivity contribution in [2.75, 3.05) is 0 Å². The fourth-order valence-corrected chi connectivity index (χ4v) is 3.95. The van der Waals surface area contributed by atoms with E-state index in [9.17, 15) is 0 Å². The number of pyridine rings is 1. The van der Waals surface area contributed by atoms with Gasteiger partial charge in [0.25, 0.3) is 0 Å². The molecule has 23 heavy (non-hydrogen) atoms. The summed E-state index contributed by atoms with van der Waals surface area (Å²) >= 11 is 0. The molecule has 104 valence electrons. The van der Waals surface area contributed by atoms with Crippen molar-refractivity contribution in [2.45, 2.75) is 5.66 Å². The summed E-state index contributed by atoms with van der Waals surface area (Å²) < 4.78 is 0. The summed E-state index contributed by atoms with van der Waals surface area (Å²) in [5, 5.41) is 5.40. The third-order valence-corrected chi connectivity index (χ3v) is 4.87. The van der Waals surface area contributed by atoms with E-state index in [1.54, 1.807) is 0 Å². The van der Waals surface area contributed by atoms with E-state index in [1.165, 1.54) is 0 Å². The van der Waals surface area contributed by atoms with E-state index in [1.807, 2.05) is 36.5 Å². The third-order valence-electron chi connectivity index (χ3n) is 4.87. The standard InChI is InChI=1S/C20H9N3/c1-21-20(22-2)15-9-3-6-12-13-8-5-11-23-19(13)14-7-4-10-16(20)18(14)17(12)15/h3-11H/p+1. The van der Waals surface area contributed by atoms with E-state index in [2.05, 4.69) is 32.9 Å². The molecule has 0 unspecified atom stereocenters. The maximum atomic E-state index is 7.74. The van der Waals surface area contributed by atoms with Crippen molar-refractivity contribution < 1.29 is 4.98 Å². The average Bonchev–Trinajstić information content (AvgIpc) is 2.92. The van der Waals surface area contributed by atoms with Crippen LogP contribution < -0.4 is 4.98 Å². The number of nitrogens with zero attached hydrogens (tertiary/aromatic N) is 2. The summed E-state index contributed by atoms with van der Waals surface area (Å²) in [5.74, 6) is 0. The first-order valence-corrected chi connectivity index (χ1v) is 7.38. The van der Waals surface area contributed by atoms with Gasteiger partial charge in [0.05, 0.1) is 10.8 Å². The molecule has 1 aliphatic carbocycles. The lowest BCUT2D eigenvalue weighted by Crippen LogP contribution is -2.15. The van der Waals surface area contributed by atoms with Gasteiger partial charge in [-0.15, -0.1) is 0 Å². The molecular weight excluding hydrogens is 282 g/mol. The maximum absolute atomic E-state index is 7.74. The van der Waals surface area contributed by atoms with Crippen LogP contribution in [0.1, 0.15) is 11.1 Å². The van der Waals surface area contributed by atoms with Crippen LogP contribution in [0.25, 0.3) is 42.1 Å². The van der Waals surface area contributed by atoms with Crippen molar-refractivity contribution >= 4 is 32.4 Å². The van der Waals surface area contributed by atoms with Gasteiger partial charge in [0.2, 0.25) is 5.52 Å². The van der Waals surface area contributed by atoms with E-state index < -0.39 is 5.66 Å². The minimum Gasteiger partial charge on any atom is -0.224 e. The Balaban J connectivity index is 2.24. The first-order valence-electron chi connectivity index (χ1n) is 7.38. The second kappa shape index (κ2) is 3.85. The summed E-state index contributed by atoms with van der Waals surface area (Å²) in [5.41, 5.74) is 1.43. The number of hydrogen-bond acceptors (Lipinski definition) is 0. The van der Waals surface area contributed by atoms with Crippen LogP contribution in [0, 0.1) is 13.1 Å². The Bertz CT molecular complexity index is 1140. The lowest BCUT2D eigenvalue weighted by Gasteiger charge is -2.05. The zero-order chi connectivity index (χ0) is 15.6. The average molecular weight is 292 g/mol. The van der Waals surface area contributed by atoms with Gasteiger partial charge < -0.3 is 0 Å². The molecule has 0 spiro atoms. The molecule has 0 aliphatic heterocycles. The Hall–Kier alpha value is -3.43. The quantitative estimate of drug-likeness (QED) is 0.340. The van der Waals surface area contributed by atoms with Crippen LogP contribution in [0.2, 0.25) is 0 Å². The predicted molar refractivity (Wildman–Crippen MR) is 89.5 cm³/mol. The molecule has 0 saturated heterocycles. The minimum absolute atomic E-state index is 0.811. The van der Waals surface area contributed by atoms with Crippen LogP contribution in [0.3, 0.4) is 0 Å². The van der Waals surface area contributed by atoms with Gasteiger partial charge in [0, 0.05) is 16.8 Å². The highest BCUT2D eigenvalue weighted by Gasteiger charge is 2.56. The second-order valence-corrected chi connectivity index (χ2v) is 5.81. The van der Waals surface area contributed by atoms with Crippen molar-refractivity contribution in [3.05, 3.63) is 88.7 Å². The van der Waals surface area contributed by atoms with E-state index in [-0.39, 0.29) is 0 Å². The minimum atomic E-state index is -1.25. The number of aromatic amines is 1. The number of H-pyrrole nitrogens is 1. The molecule has 0 amide bonds. The van der Waals surface area contributed by atoms with Crippen LogP contribution in [0.15, 0.2) is 54.7 Å². The fraction of sp³-hybridized carbons (Fsp3) is 0.0500. The molecule has 3 aromatic carbocycles. The van der Waals surface area contributed by atoms with Crippen molar-refractivity contribution in [2.24, 2.45) is 0 Å². The van der Waals surface area contributed by atoms with Crippen LogP contribution >= 0.6 is 0 Å². The predicted octanol–water partition coefficient (Wildman–Crippen LogP) is 4.31. The lowest BCUT2D eigenvalue weighted by molar-refractivity contribution is -0.343. The fourth-order valence-electron chi connectivity index (χ4n) is 3.95. The summed E-state index contributed by atoms with van der Waals surface area (Å²) in [6.07, 6.45) is 1.92. The second-order valence-electron chi connectivity index (χ2n) is 5.81. The Morgan fingerprint density at radius 3 is 2.04 bits per heavy atom. The molecule has 0 saturated carbocycles. The highest BCUT2D eigenvalue weighted by Crippen LogP contribution is 2.52. The highest BCUT2D eigenvalue weighted by molar-refractivity contribution is 6.27. The Morgan fingerprint density at radius 2 is 1.35 bits per heavy atom. The van der Waals surface area contributed by atoms with Crippen LogP contribution in [0.4, 0.5) is 0 Å². The zero-order valence-electron chi connectivity index (χ0n) is 12.1. The van der Waals surface area contributed by atoms with E-state index in [0.29, 0.717) is 0 Å². The van der Waals surface area contributed by atoms with Crippen molar-refractivity contribution in [1.29, 1.82) is 0 Å². The van der Waals surface area contributed by atoms with Crippen LogP contribution in [-0.2, 0) is 5.66 Å². The van der Waals surface area contributed by atoms with Crippen molar-refractivity contribution in [1.82, 2.24) is 0 Å². The van der Waals surface area contributed by atoms with Gasteiger partial charge in [-0.1, -0.05) is 18.2 Å². The summed E-state index contributed by atoms with van der Waals surface area (Å²) in [6, 6.07) is 16.0. The highest BCUT2D eigenvalue weighted by atomic mass is 15.0. The number of nitrogens with one attached hydrogen (secondary N) is 1. The van der Waals surface area contributed by atoms with E-state index >= 15 is 0 Å². The molecule has 4 aromatic rings. The molecule has 0 radical (unpaired) electrons. The summed E-state index contributed by atoms with van der Waals surface area (Å²) in [4.78, 5) is 10.9. The van der Waals surface area contributed by atoms with Crippen molar-refractivity contribution in [3.63, 3.8) is 0 Å². The number of benzene rings is 3. The summed E-state index contributed by atoms with van der Waals surface area (Å²) in [6.45, 7) is 15.5. The first-order chi connectivity index (χ1) is 11.3. The maximum Gasteiger partial charge on any atom is 0.539 e. The summed E-state index contributed by atoms with van der Waals surface area (Å²) in [7, 11) is 0. The number of fused-ring (bicyclic) bond motifs is 3. The third kappa shape index (κ3) is 1.19. The zero-order valence-corrected chi connectivity index (χ0v) is 12.1. The largest absolute Gasteiger partial charge is 0.539 e. The number of aromatic nitrogens is 1. The molecule has 1 aromatic heterocycles. The molecule has 1 N–H and O–H groups in total. The SMILES string of the molecule is [C-]#[N+]C1([N+]#[C-])c2cccc3c4ccc[nH+]c4c4cccc1c4c23. The Morgan fingerprint density at radius 1 is 0.739 bits per heavy atom. The van der Waals surface area contributed by atoms with Gasteiger partial charge in [0.1, 0.15) is 11.1 Å². The molecular formula is C20H10N3+. The van der Waals surface area contributed by atoms with Crippen LogP contribution in [-0.4, -0.2) is 0 Å². The molecule has 0 atom stereocenters. The van der Waals surface area contributed by atoms with Gasteiger partial charge in [-0.05, 0) is 29.7 Å². The van der Waals surface area contributed by atoms with Crippen molar-refractivity contribution in [3.8, 4) is 0 Å². The monoisotopic (exact) mass is 292 g/mol. The van der Waals surface area contributed by atoms with Crippen LogP contribution in [0.5, 0.6) is 0 Å². The molecule has 5 rings (SSSR count). The number of rotatable bonds is 0. The van der Waals surface area contributed by atoms with Gasteiger partial charge in [0.15, 0.2) is 6.20 Å². The van der Waals surface area contributed by atoms with Gasteiger partial charge in [-0.2, -0.15) is 0 Å². The normalized spacial score (nSPS) is 14.3. The van der Waals surface area contributed by atoms with Gasteiger partial charge >= 0.3 is 5.66 Å². The molecule has 3 heteroatoms. The molecule has 0 bridgehead atoms. The lowest BCUT2D eigenvalue weighted by atomic mass is 9.97. The Kier molecular flexibility index (Phi) is 2.04. The smallest absolute Gasteiger partial charge is 0.224 e. The number of hydrogen-bond donors (Lipinski definition) is 0. The Labute approximate surface area is 132 Å². The molecule has 1 aliphatic rings. The molecule has 1 heterocycles. The topological polar surface area (TPSA) is 22.9 Å². The van der Waals surface area contributed by atoms with Gasteiger partial charge in [-0.3, -0.25) is 0 Å².